The van der Waals surface area contributed by atoms with Crippen molar-refractivity contribution < 1.29 is 13.2 Å². The third-order valence-corrected chi connectivity index (χ3v) is 8.42. The first kappa shape index (κ1) is 20.3. The molecule has 1 aliphatic rings. The number of para-hydroxylation sites is 1. The molecule has 4 rings (SSSR count). The van der Waals surface area contributed by atoms with Gasteiger partial charge in [-0.2, -0.15) is 9.40 Å². The van der Waals surface area contributed by atoms with E-state index in [0.29, 0.717) is 36.1 Å². The molecule has 7 nitrogen and oxygen atoms in total. The highest BCUT2D eigenvalue weighted by Crippen LogP contribution is 2.33. The molecule has 1 aliphatic heterocycles. The second-order valence-electron chi connectivity index (χ2n) is 6.87. The number of aryl methyl sites for hydroxylation is 1. The number of hydrogen-bond acceptors (Lipinski definition) is 5. The van der Waals surface area contributed by atoms with Gasteiger partial charge in [0.05, 0.1) is 27.0 Å². The summed E-state index contributed by atoms with van der Waals surface area (Å²) in [5.41, 5.74) is 1.60. The lowest BCUT2D eigenvalue weighted by Gasteiger charge is -2.33. The van der Waals surface area contributed by atoms with E-state index in [1.54, 1.807) is 16.5 Å². The van der Waals surface area contributed by atoms with Crippen molar-refractivity contribution in [1.82, 2.24) is 19.0 Å². The Kier molecular flexibility index (Phi) is 5.41. The summed E-state index contributed by atoms with van der Waals surface area (Å²) in [7, 11) is -3.22. The fraction of sp³-hybridized carbons (Fsp3) is 0.368. The summed E-state index contributed by atoms with van der Waals surface area (Å²) >= 11 is 7.72. The Morgan fingerprint density at radius 1 is 1.21 bits per heavy atom. The number of aromatic nitrogens is 2. The van der Waals surface area contributed by atoms with Gasteiger partial charge in [0.2, 0.25) is 10.0 Å². The minimum Gasteiger partial charge on any atom is -0.335 e. The summed E-state index contributed by atoms with van der Waals surface area (Å²) in [6.45, 7) is 4.99. The standard InChI is InChI=1S/C19H21ClN4O3S2/c1-3-29(26,27)23-10-8-22(9-11-23)18(25)17-12-14-13(2)21-24(19(14)28-17)16-7-5-4-6-15(16)20/h4-7,12H,3,8-11H2,1-2H3. The van der Waals surface area contributed by atoms with E-state index in [0.717, 1.165) is 21.6 Å². The van der Waals surface area contributed by atoms with Crippen molar-refractivity contribution in [2.24, 2.45) is 0 Å². The van der Waals surface area contributed by atoms with Crippen molar-refractivity contribution in [2.45, 2.75) is 13.8 Å². The van der Waals surface area contributed by atoms with E-state index in [1.807, 2.05) is 37.3 Å². The number of nitrogens with zero attached hydrogens (tertiary/aromatic N) is 4. The summed E-state index contributed by atoms with van der Waals surface area (Å²) in [6, 6.07) is 9.33. The van der Waals surface area contributed by atoms with Gasteiger partial charge in [0.15, 0.2) is 0 Å². The molecule has 0 bridgehead atoms. The summed E-state index contributed by atoms with van der Waals surface area (Å²) in [6.07, 6.45) is 0. The Bertz CT molecular complexity index is 1180. The maximum atomic E-state index is 13.0. The van der Waals surface area contributed by atoms with E-state index >= 15 is 0 Å². The van der Waals surface area contributed by atoms with Crippen molar-refractivity contribution in [3.8, 4) is 5.69 Å². The molecule has 29 heavy (non-hydrogen) atoms. The number of carbonyl (C=O) groups excluding carboxylic acids is 1. The zero-order chi connectivity index (χ0) is 20.8. The van der Waals surface area contributed by atoms with Gasteiger partial charge >= 0.3 is 0 Å². The molecule has 1 saturated heterocycles. The number of hydrogen-bond donors (Lipinski definition) is 0. The molecule has 0 N–H and O–H groups in total. The predicted octanol–water partition coefficient (Wildman–Crippen LogP) is 3.16. The number of amides is 1. The molecule has 0 atom stereocenters. The number of fused-ring (bicyclic) bond motifs is 1. The molecule has 1 fully saturated rings. The van der Waals surface area contributed by atoms with Gasteiger partial charge in [0.1, 0.15) is 4.83 Å². The van der Waals surface area contributed by atoms with Gasteiger partial charge in [-0.25, -0.2) is 13.1 Å². The van der Waals surface area contributed by atoms with Crippen molar-refractivity contribution in [1.29, 1.82) is 0 Å². The Hall–Kier alpha value is -1.94. The minimum absolute atomic E-state index is 0.0785. The molecule has 0 aliphatic carbocycles. The van der Waals surface area contributed by atoms with Crippen LogP contribution in [-0.4, -0.2) is 65.2 Å². The molecule has 2 aromatic heterocycles. The predicted molar refractivity (Wildman–Crippen MR) is 116 cm³/mol. The molecule has 1 aromatic carbocycles. The maximum Gasteiger partial charge on any atom is 0.264 e. The molecular weight excluding hydrogens is 432 g/mol. The average Bonchev–Trinajstić information content (AvgIpc) is 3.29. The molecule has 0 unspecified atom stereocenters. The highest BCUT2D eigenvalue weighted by Gasteiger charge is 2.29. The van der Waals surface area contributed by atoms with Gasteiger partial charge in [-0.1, -0.05) is 23.7 Å². The first-order valence-electron chi connectivity index (χ1n) is 9.33. The summed E-state index contributed by atoms with van der Waals surface area (Å²) in [5.74, 6) is -0.000383. The van der Waals surface area contributed by atoms with Crippen LogP contribution in [-0.2, 0) is 10.0 Å². The number of thiophene rings is 1. The van der Waals surface area contributed by atoms with E-state index < -0.39 is 10.0 Å². The fourth-order valence-electron chi connectivity index (χ4n) is 3.45. The van der Waals surface area contributed by atoms with E-state index in [2.05, 4.69) is 5.10 Å². The maximum absolute atomic E-state index is 13.0. The lowest BCUT2D eigenvalue weighted by atomic mass is 10.2. The quantitative estimate of drug-likeness (QED) is 0.609. The van der Waals surface area contributed by atoms with Gasteiger partial charge < -0.3 is 4.90 Å². The van der Waals surface area contributed by atoms with Crippen LogP contribution in [0.15, 0.2) is 30.3 Å². The van der Waals surface area contributed by atoms with Gasteiger partial charge in [-0.15, -0.1) is 11.3 Å². The Balaban J connectivity index is 1.60. The number of benzene rings is 1. The first-order chi connectivity index (χ1) is 13.8. The van der Waals surface area contributed by atoms with E-state index in [-0.39, 0.29) is 11.7 Å². The monoisotopic (exact) mass is 452 g/mol. The smallest absolute Gasteiger partial charge is 0.264 e. The molecule has 3 aromatic rings. The van der Waals surface area contributed by atoms with Crippen LogP contribution in [0.2, 0.25) is 5.02 Å². The van der Waals surface area contributed by atoms with Gasteiger partial charge in [0.25, 0.3) is 5.91 Å². The third-order valence-electron chi connectivity index (χ3n) is 5.12. The van der Waals surface area contributed by atoms with Gasteiger partial charge in [0, 0.05) is 31.6 Å². The first-order valence-corrected chi connectivity index (χ1v) is 12.1. The van der Waals surface area contributed by atoms with Crippen LogP contribution in [0.1, 0.15) is 22.3 Å². The minimum atomic E-state index is -3.22. The SMILES string of the molecule is CCS(=O)(=O)N1CCN(C(=O)c2cc3c(C)nn(-c4ccccc4Cl)c3s2)CC1. The van der Waals surface area contributed by atoms with Gasteiger partial charge in [-0.05, 0) is 32.0 Å². The van der Waals surface area contributed by atoms with Crippen molar-refractivity contribution in [3.05, 3.63) is 45.9 Å². The number of halogens is 1. The summed E-state index contributed by atoms with van der Waals surface area (Å²) in [5, 5.41) is 6.10. The Labute approximate surface area is 178 Å². The van der Waals surface area contributed by atoms with Crippen LogP contribution < -0.4 is 0 Å². The van der Waals surface area contributed by atoms with Crippen molar-refractivity contribution in [3.63, 3.8) is 0 Å². The molecule has 0 radical (unpaired) electrons. The average molecular weight is 453 g/mol. The zero-order valence-electron chi connectivity index (χ0n) is 16.1. The van der Waals surface area contributed by atoms with Crippen LogP contribution in [0.5, 0.6) is 0 Å². The van der Waals surface area contributed by atoms with Crippen molar-refractivity contribution >= 4 is 49.1 Å². The van der Waals surface area contributed by atoms with E-state index in [1.165, 1.54) is 15.6 Å². The van der Waals surface area contributed by atoms with Crippen LogP contribution in [0.25, 0.3) is 15.9 Å². The molecule has 10 heteroatoms. The Morgan fingerprint density at radius 3 is 2.55 bits per heavy atom. The topological polar surface area (TPSA) is 75.5 Å². The molecule has 0 spiro atoms. The lowest BCUT2D eigenvalue weighted by molar-refractivity contribution is 0.0703. The Morgan fingerprint density at radius 2 is 1.90 bits per heavy atom. The number of sulfonamides is 1. The lowest BCUT2D eigenvalue weighted by Crippen LogP contribution is -2.50. The summed E-state index contributed by atoms with van der Waals surface area (Å²) < 4.78 is 27.3. The molecule has 1 amide bonds. The van der Waals surface area contributed by atoms with Gasteiger partial charge in [-0.3, -0.25) is 4.79 Å². The molecule has 154 valence electrons. The molecular formula is C19H21ClN4O3S2. The normalized spacial score (nSPS) is 15.9. The summed E-state index contributed by atoms with van der Waals surface area (Å²) in [4.78, 5) is 16.2. The molecule has 0 saturated carbocycles. The van der Waals surface area contributed by atoms with Crippen LogP contribution in [0.3, 0.4) is 0 Å². The largest absolute Gasteiger partial charge is 0.335 e. The van der Waals surface area contributed by atoms with Crippen molar-refractivity contribution in [2.75, 3.05) is 31.9 Å². The second-order valence-corrected chi connectivity index (χ2v) is 10.6. The number of carbonyl (C=O) groups is 1. The highest BCUT2D eigenvalue weighted by molar-refractivity contribution is 7.89. The van der Waals surface area contributed by atoms with E-state index in [9.17, 15) is 13.2 Å². The third kappa shape index (κ3) is 3.68. The zero-order valence-corrected chi connectivity index (χ0v) is 18.5. The fourth-order valence-corrected chi connectivity index (χ4v) is 5.89. The second kappa shape index (κ2) is 7.71. The van der Waals surface area contributed by atoms with Crippen LogP contribution >= 0.6 is 22.9 Å². The number of piperazine rings is 1. The number of rotatable bonds is 4. The molecule has 3 heterocycles. The van der Waals surface area contributed by atoms with Crippen LogP contribution in [0, 0.1) is 6.92 Å². The highest BCUT2D eigenvalue weighted by atomic mass is 35.5. The van der Waals surface area contributed by atoms with Crippen LogP contribution in [0.4, 0.5) is 0 Å². The van der Waals surface area contributed by atoms with E-state index in [4.69, 9.17) is 11.6 Å².